The minimum atomic E-state index is -0.628. The molecule has 1 unspecified atom stereocenters. The van der Waals surface area contributed by atoms with Crippen molar-refractivity contribution >= 4 is 12.4 Å². The van der Waals surface area contributed by atoms with Crippen molar-refractivity contribution in [1.82, 2.24) is 5.32 Å². The maximum Gasteiger partial charge on any atom is 0.407 e. The fourth-order valence-corrected chi connectivity index (χ4v) is 1.66. The molecule has 1 N–H and O–H groups in total. The Hall–Kier alpha value is -1.13. The standard InChI is InChI=1S/C14H26FNO3/c1-5-11(10-17)7-6-8-12(9-15)16-13(18)19-14(2,3)4/h10-12H,5-9H2,1-4H3,(H,16,18)/t11?,12-/m0/s1. The lowest BCUT2D eigenvalue weighted by Gasteiger charge is -2.22. The molecule has 0 bridgehead atoms. The van der Waals surface area contributed by atoms with E-state index < -0.39 is 24.4 Å². The van der Waals surface area contributed by atoms with E-state index in [4.69, 9.17) is 4.74 Å². The summed E-state index contributed by atoms with van der Waals surface area (Å²) in [5.41, 5.74) is -0.588. The van der Waals surface area contributed by atoms with Crippen LogP contribution in [0.1, 0.15) is 53.4 Å². The quantitative estimate of drug-likeness (QED) is 0.692. The van der Waals surface area contributed by atoms with E-state index in [1.165, 1.54) is 0 Å². The van der Waals surface area contributed by atoms with Crippen LogP contribution in [-0.2, 0) is 9.53 Å². The number of aldehydes is 1. The molecule has 0 spiro atoms. The number of hydrogen-bond acceptors (Lipinski definition) is 3. The Morgan fingerprint density at radius 3 is 2.42 bits per heavy atom. The number of nitrogens with one attached hydrogen (secondary N) is 1. The third kappa shape index (κ3) is 9.45. The molecule has 0 aromatic heterocycles. The van der Waals surface area contributed by atoms with Gasteiger partial charge in [-0.1, -0.05) is 13.3 Å². The van der Waals surface area contributed by atoms with E-state index in [1.807, 2.05) is 6.92 Å². The number of ether oxygens (including phenoxy) is 1. The van der Waals surface area contributed by atoms with Crippen LogP contribution in [-0.4, -0.2) is 30.7 Å². The van der Waals surface area contributed by atoms with Crippen LogP contribution in [0.5, 0.6) is 0 Å². The van der Waals surface area contributed by atoms with Crippen LogP contribution < -0.4 is 5.32 Å². The number of carbonyl (C=O) groups excluding carboxylic acids is 2. The van der Waals surface area contributed by atoms with Gasteiger partial charge in [-0.3, -0.25) is 0 Å². The summed E-state index contributed by atoms with van der Waals surface area (Å²) in [5.74, 6) is 0.0294. The highest BCUT2D eigenvalue weighted by atomic mass is 19.1. The van der Waals surface area contributed by atoms with Crippen molar-refractivity contribution in [1.29, 1.82) is 0 Å². The van der Waals surface area contributed by atoms with Gasteiger partial charge < -0.3 is 14.8 Å². The number of rotatable bonds is 8. The monoisotopic (exact) mass is 275 g/mol. The van der Waals surface area contributed by atoms with Crippen molar-refractivity contribution in [2.45, 2.75) is 65.0 Å². The van der Waals surface area contributed by atoms with E-state index in [2.05, 4.69) is 5.32 Å². The Balaban J connectivity index is 4.01. The van der Waals surface area contributed by atoms with Gasteiger partial charge in [0.1, 0.15) is 18.6 Å². The van der Waals surface area contributed by atoms with E-state index in [9.17, 15) is 14.0 Å². The number of alkyl halides is 1. The van der Waals surface area contributed by atoms with E-state index in [1.54, 1.807) is 20.8 Å². The van der Waals surface area contributed by atoms with Gasteiger partial charge in [0.25, 0.3) is 0 Å². The summed E-state index contributed by atoms with van der Waals surface area (Å²) in [6.45, 7) is 6.59. The number of carbonyl (C=O) groups is 2. The maximum absolute atomic E-state index is 12.8. The Bertz CT molecular complexity index is 276. The lowest BCUT2D eigenvalue weighted by atomic mass is 9.99. The van der Waals surface area contributed by atoms with Crippen molar-refractivity contribution in [2.24, 2.45) is 5.92 Å². The normalized spacial score (nSPS) is 14.6. The van der Waals surface area contributed by atoms with E-state index in [0.717, 1.165) is 19.1 Å². The van der Waals surface area contributed by atoms with Crippen molar-refractivity contribution in [3.05, 3.63) is 0 Å². The lowest BCUT2D eigenvalue weighted by molar-refractivity contribution is -0.111. The van der Waals surface area contributed by atoms with Crippen molar-refractivity contribution in [3.63, 3.8) is 0 Å². The first-order chi connectivity index (χ1) is 8.82. The Morgan fingerprint density at radius 1 is 1.37 bits per heavy atom. The third-order valence-electron chi connectivity index (χ3n) is 2.75. The minimum Gasteiger partial charge on any atom is -0.444 e. The molecule has 0 saturated carbocycles. The zero-order valence-electron chi connectivity index (χ0n) is 12.4. The fourth-order valence-electron chi connectivity index (χ4n) is 1.66. The Morgan fingerprint density at radius 2 is 2.00 bits per heavy atom. The summed E-state index contributed by atoms with van der Waals surface area (Å²) in [5, 5.41) is 2.51. The third-order valence-corrected chi connectivity index (χ3v) is 2.75. The first-order valence-corrected chi connectivity index (χ1v) is 6.83. The molecule has 0 radical (unpaired) electrons. The molecule has 5 heteroatoms. The first-order valence-electron chi connectivity index (χ1n) is 6.83. The van der Waals surface area contributed by atoms with Crippen LogP contribution in [0.25, 0.3) is 0 Å². The molecule has 0 aromatic rings. The highest BCUT2D eigenvalue weighted by Gasteiger charge is 2.19. The summed E-state index contributed by atoms with van der Waals surface area (Å²) in [4.78, 5) is 22.1. The van der Waals surface area contributed by atoms with E-state index in [0.29, 0.717) is 12.8 Å². The predicted molar refractivity (Wildman–Crippen MR) is 72.8 cm³/mol. The molecule has 1 amide bonds. The zero-order chi connectivity index (χ0) is 14.9. The molecule has 0 fully saturated rings. The molecule has 0 aliphatic rings. The van der Waals surface area contributed by atoms with Crippen molar-refractivity contribution < 1.29 is 18.7 Å². The predicted octanol–water partition coefficient (Wildman–Crippen LogP) is 3.24. The molecule has 0 aliphatic heterocycles. The molecule has 0 saturated heterocycles. The van der Waals surface area contributed by atoms with Gasteiger partial charge in [-0.2, -0.15) is 0 Å². The van der Waals surface area contributed by atoms with Gasteiger partial charge >= 0.3 is 6.09 Å². The van der Waals surface area contributed by atoms with Gasteiger partial charge in [0.15, 0.2) is 0 Å². The second kappa shape index (κ2) is 8.88. The smallest absolute Gasteiger partial charge is 0.407 e. The van der Waals surface area contributed by atoms with Gasteiger partial charge in [0.2, 0.25) is 0 Å². The number of hydrogen-bond donors (Lipinski definition) is 1. The Labute approximate surface area is 115 Å². The number of amides is 1. The lowest BCUT2D eigenvalue weighted by Crippen LogP contribution is -2.40. The first kappa shape index (κ1) is 17.9. The van der Waals surface area contributed by atoms with Crippen LogP contribution in [0.15, 0.2) is 0 Å². The molecule has 4 nitrogen and oxygen atoms in total. The molecule has 2 atom stereocenters. The number of halogens is 1. The average Bonchev–Trinajstić information content (AvgIpc) is 2.30. The Kier molecular flexibility index (Phi) is 8.35. The van der Waals surface area contributed by atoms with Gasteiger partial charge in [-0.05, 0) is 40.0 Å². The molecule has 112 valence electrons. The van der Waals surface area contributed by atoms with Crippen LogP contribution in [0.2, 0.25) is 0 Å². The van der Waals surface area contributed by atoms with Crippen LogP contribution in [0.3, 0.4) is 0 Å². The van der Waals surface area contributed by atoms with E-state index >= 15 is 0 Å². The highest BCUT2D eigenvalue weighted by molar-refractivity contribution is 5.68. The fraction of sp³-hybridized carbons (Fsp3) is 0.857. The SMILES string of the molecule is CCC(C=O)CCC[C@@H](CF)NC(=O)OC(C)(C)C. The minimum absolute atomic E-state index is 0.0294. The zero-order valence-corrected chi connectivity index (χ0v) is 12.4. The molecular formula is C14H26FNO3. The second-order valence-corrected chi connectivity index (χ2v) is 5.73. The molecule has 0 rings (SSSR count). The molecule has 0 heterocycles. The number of alkyl carbamates (subject to hydrolysis) is 1. The highest BCUT2D eigenvalue weighted by Crippen LogP contribution is 2.12. The second-order valence-electron chi connectivity index (χ2n) is 5.73. The van der Waals surface area contributed by atoms with Gasteiger partial charge in [-0.25, -0.2) is 9.18 Å². The van der Waals surface area contributed by atoms with Crippen molar-refractivity contribution in [3.8, 4) is 0 Å². The molecule has 0 aliphatic carbocycles. The van der Waals surface area contributed by atoms with Gasteiger partial charge in [0.05, 0.1) is 6.04 Å². The molecule has 0 aromatic carbocycles. The summed E-state index contributed by atoms with van der Waals surface area (Å²) < 4.78 is 17.9. The summed E-state index contributed by atoms with van der Waals surface area (Å²) >= 11 is 0. The topological polar surface area (TPSA) is 55.4 Å². The van der Waals surface area contributed by atoms with Gasteiger partial charge in [0, 0.05) is 5.92 Å². The van der Waals surface area contributed by atoms with Crippen LogP contribution in [0.4, 0.5) is 9.18 Å². The van der Waals surface area contributed by atoms with E-state index in [-0.39, 0.29) is 5.92 Å². The summed E-state index contributed by atoms with van der Waals surface area (Å²) in [7, 11) is 0. The van der Waals surface area contributed by atoms with Gasteiger partial charge in [-0.15, -0.1) is 0 Å². The van der Waals surface area contributed by atoms with Crippen LogP contribution >= 0.6 is 0 Å². The largest absolute Gasteiger partial charge is 0.444 e. The van der Waals surface area contributed by atoms with Crippen LogP contribution in [0, 0.1) is 5.92 Å². The summed E-state index contributed by atoms with van der Waals surface area (Å²) in [6.07, 6.45) is 3.08. The van der Waals surface area contributed by atoms with Crippen molar-refractivity contribution in [2.75, 3.05) is 6.67 Å². The molecular weight excluding hydrogens is 249 g/mol. The molecule has 19 heavy (non-hydrogen) atoms. The summed E-state index contributed by atoms with van der Waals surface area (Å²) in [6, 6.07) is -0.543. The average molecular weight is 275 g/mol. The maximum atomic E-state index is 12.8.